The van der Waals surface area contributed by atoms with Crippen LogP contribution in [0.25, 0.3) is 0 Å². The Morgan fingerprint density at radius 1 is 1.30 bits per heavy atom. The van der Waals surface area contributed by atoms with Crippen LogP contribution in [0.2, 0.25) is 0 Å². The second-order valence-corrected chi connectivity index (χ2v) is 5.00. The van der Waals surface area contributed by atoms with E-state index < -0.39 is 0 Å². The molecule has 2 N–H and O–H groups in total. The summed E-state index contributed by atoms with van der Waals surface area (Å²) >= 11 is 0. The Labute approximate surface area is 118 Å². The summed E-state index contributed by atoms with van der Waals surface area (Å²) in [6, 6.07) is 11.6. The van der Waals surface area contributed by atoms with E-state index in [1.165, 1.54) is 5.56 Å². The van der Waals surface area contributed by atoms with Gasteiger partial charge >= 0.3 is 0 Å². The number of nitrogens with zero attached hydrogens (tertiary/aromatic N) is 1. The predicted octanol–water partition coefficient (Wildman–Crippen LogP) is 2.34. The Morgan fingerprint density at radius 2 is 2.15 bits per heavy atom. The van der Waals surface area contributed by atoms with E-state index in [1.807, 2.05) is 30.3 Å². The molecule has 0 saturated heterocycles. The smallest absolute Gasteiger partial charge is 0.141 e. The number of aromatic nitrogens is 1. The number of methoxy groups -OCH3 is 1. The van der Waals surface area contributed by atoms with Gasteiger partial charge in [0.1, 0.15) is 11.5 Å². The van der Waals surface area contributed by atoms with Gasteiger partial charge in [0.25, 0.3) is 0 Å². The van der Waals surface area contributed by atoms with Crippen molar-refractivity contribution in [2.75, 3.05) is 13.7 Å². The normalized spacial score (nSPS) is 18.8. The van der Waals surface area contributed by atoms with Crippen molar-refractivity contribution in [3.05, 3.63) is 53.9 Å². The molecule has 0 aliphatic carbocycles. The van der Waals surface area contributed by atoms with Gasteiger partial charge in [0.05, 0.1) is 25.5 Å². The van der Waals surface area contributed by atoms with Gasteiger partial charge in [-0.2, -0.15) is 0 Å². The fourth-order valence-electron chi connectivity index (χ4n) is 2.63. The lowest BCUT2D eigenvalue weighted by atomic mass is 9.89. The first kappa shape index (κ1) is 12.9. The summed E-state index contributed by atoms with van der Waals surface area (Å²) in [5.41, 5.74) is 8.38. The van der Waals surface area contributed by atoms with Crippen molar-refractivity contribution in [1.82, 2.24) is 4.98 Å². The molecule has 104 valence electrons. The van der Waals surface area contributed by atoms with Crippen LogP contribution in [0, 0.1) is 5.92 Å². The lowest BCUT2D eigenvalue weighted by molar-refractivity contribution is 0.197. The Morgan fingerprint density at radius 3 is 3.00 bits per heavy atom. The fraction of sp³-hybridized carbons (Fsp3) is 0.312. The van der Waals surface area contributed by atoms with E-state index in [9.17, 15) is 0 Å². The highest BCUT2D eigenvalue weighted by atomic mass is 16.5. The highest BCUT2D eigenvalue weighted by molar-refractivity contribution is 5.36. The summed E-state index contributed by atoms with van der Waals surface area (Å²) in [4.78, 5) is 4.38. The zero-order valence-electron chi connectivity index (χ0n) is 11.5. The van der Waals surface area contributed by atoms with Gasteiger partial charge in [-0.3, -0.25) is 4.98 Å². The number of hydrogen-bond donors (Lipinski definition) is 1. The van der Waals surface area contributed by atoms with Crippen LogP contribution < -0.4 is 15.2 Å². The molecular weight excluding hydrogens is 252 g/mol. The molecule has 2 heterocycles. The zero-order chi connectivity index (χ0) is 13.9. The first-order chi connectivity index (χ1) is 9.79. The standard InChI is InChI=1S/C16H18N2O2/c1-19-14-7-4-8-18-16(14)15(17)12-9-11-5-2-3-6-13(11)20-10-12/h2-8,12,15H,9-10,17H2,1H3. The van der Waals surface area contributed by atoms with E-state index in [2.05, 4.69) is 11.1 Å². The number of hydrogen-bond acceptors (Lipinski definition) is 4. The quantitative estimate of drug-likeness (QED) is 0.930. The van der Waals surface area contributed by atoms with Gasteiger partial charge in [0.2, 0.25) is 0 Å². The van der Waals surface area contributed by atoms with Crippen LogP contribution in [0.1, 0.15) is 17.3 Å². The first-order valence-electron chi connectivity index (χ1n) is 6.75. The van der Waals surface area contributed by atoms with E-state index in [1.54, 1.807) is 13.3 Å². The summed E-state index contributed by atoms with van der Waals surface area (Å²) in [5.74, 6) is 1.90. The van der Waals surface area contributed by atoms with Gasteiger partial charge in [-0.1, -0.05) is 18.2 Å². The number of pyridine rings is 1. The van der Waals surface area contributed by atoms with E-state index in [0.29, 0.717) is 6.61 Å². The minimum atomic E-state index is -0.195. The van der Waals surface area contributed by atoms with Gasteiger partial charge < -0.3 is 15.2 Å². The van der Waals surface area contributed by atoms with Gasteiger partial charge in [0, 0.05) is 12.1 Å². The summed E-state index contributed by atoms with van der Waals surface area (Å²) in [7, 11) is 1.64. The molecule has 0 spiro atoms. The Balaban J connectivity index is 1.84. The highest BCUT2D eigenvalue weighted by Crippen LogP contribution is 2.34. The maximum absolute atomic E-state index is 6.38. The van der Waals surface area contributed by atoms with Crippen molar-refractivity contribution < 1.29 is 9.47 Å². The third kappa shape index (κ3) is 2.34. The molecule has 1 aliphatic rings. The minimum Gasteiger partial charge on any atom is -0.495 e. The molecule has 0 bridgehead atoms. The van der Waals surface area contributed by atoms with E-state index >= 15 is 0 Å². The third-order valence-electron chi connectivity index (χ3n) is 3.75. The molecule has 4 nitrogen and oxygen atoms in total. The molecule has 20 heavy (non-hydrogen) atoms. The Bertz CT molecular complexity index is 601. The average Bonchev–Trinajstić information content (AvgIpc) is 2.53. The highest BCUT2D eigenvalue weighted by Gasteiger charge is 2.28. The summed E-state index contributed by atoms with van der Waals surface area (Å²) in [6.07, 6.45) is 2.65. The Hall–Kier alpha value is -2.07. The molecule has 2 unspecified atom stereocenters. The topological polar surface area (TPSA) is 57.4 Å². The summed E-state index contributed by atoms with van der Waals surface area (Å²) < 4.78 is 11.1. The van der Waals surface area contributed by atoms with Crippen molar-refractivity contribution in [2.24, 2.45) is 11.7 Å². The molecule has 1 aromatic heterocycles. The maximum Gasteiger partial charge on any atom is 0.141 e. The average molecular weight is 270 g/mol. The molecule has 1 aliphatic heterocycles. The van der Waals surface area contributed by atoms with Crippen LogP contribution in [0.3, 0.4) is 0 Å². The van der Waals surface area contributed by atoms with Gasteiger partial charge in [-0.15, -0.1) is 0 Å². The van der Waals surface area contributed by atoms with Crippen LogP contribution in [0.4, 0.5) is 0 Å². The van der Waals surface area contributed by atoms with Gasteiger partial charge in [-0.05, 0) is 30.2 Å². The van der Waals surface area contributed by atoms with Crippen LogP contribution in [0.15, 0.2) is 42.6 Å². The number of nitrogens with two attached hydrogens (primary N) is 1. The first-order valence-corrected chi connectivity index (χ1v) is 6.75. The van der Waals surface area contributed by atoms with E-state index in [4.69, 9.17) is 15.2 Å². The monoisotopic (exact) mass is 270 g/mol. The van der Waals surface area contributed by atoms with Crippen molar-refractivity contribution in [3.8, 4) is 11.5 Å². The maximum atomic E-state index is 6.38. The van der Waals surface area contributed by atoms with Crippen molar-refractivity contribution >= 4 is 0 Å². The molecule has 3 rings (SSSR count). The summed E-state index contributed by atoms with van der Waals surface area (Å²) in [6.45, 7) is 0.609. The van der Waals surface area contributed by atoms with Crippen molar-refractivity contribution in [2.45, 2.75) is 12.5 Å². The second kappa shape index (κ2) is 5.51. The lowest BCUT2D eigenvalue weighted by Crippen LogP contribution is -2.32. The van der Waals surface area contributed by atoms with Crippen LogP contribution in [-0.2, 0) is 6.42 Å². The third-order valence-corrected chi connectivity index (χ3v) is 3.75. The molecule has 0 saturated carbocycles. The van der Waals surface area contributed by atoms with E-state index in [0.717, 1.165) is 23.6 Å². The van der Waals surface area contributed by atoms with Gasteiger partial charge in [-0.25, -0.2) is 0 Å². The van der Waals surface area contributed by atoms with Crippen LogP contribution in [0.5, 0.6) is 11.5 Å². The minimum absolute atomic E-state index is 0.195. The number of ether oxygens (including phenoxy) is 2. The molecule has 0 amide bonds. The lowest BCUT2D eigenvalue weighted by Gasteiger charge is -2.29. The molecular formula is C16H18N2O2. The van der Waals surface area contributed by atoms with Crippen LogP contribution >= 0.6 is 0 Å². The fourth-order valence-corrected chi connectivity index (χ4v) is 2.63. The molecule has 2 aromatic rings. The second-order valence-electron chi connectivity index (χ2n) is 5.00. The Kier molecular flexibility index (Phi) is 3.56. The van der Waals surface area contributed by atoms with Crippen LogP contribution in [-0.4, -0.2) is 18.7 Å². The molecule has 0 fully saturated rings. The molecule has 4 heteroatoms. The van der Waals surface area contributed by atoms with E-state index in [-0.39, 0.29) is 12.0 Å². The molecule has 0 radical (unpaired) electrons. The number of rotatable bonds is 3. The van der Waals surface area contributed by atoms with Crippen molar-refractivity contribution in [1.29, 1.82) is 0 Å². The number of para-hydroxylation sites is 1. The SMILES string of the molecule is COc1cccnc1C(N)C1COc2ccccc2C1. The molecule has 1 aromatic carbocycles. The zero-order valence-corrected chi connectivity index (χ0v) is 11.5. The largest absolute Gasteiger partial charge is 0.495 e. The van der Waals surface area contributed by atoms with Gasteiger partial charge in [0.15, 0.2) is 0 Å². The summed E-state index contributed by atoms with van der Waals surface area (Å²) in [5, 5.41) is 0. The number of fused-ring (bicyclic) bond motifs is 1. The van der Waals surface area contributed by atoms with Crippen molar-refractivity contribution in [3.63, 3.8) is 0 Å². The molecule has 2 atom stereocenters. The number of benzene rings is 1. The predicted molar refractivity (Wildman–Crippen MR) is 76.8 cm³/mol.